The summed E-state index contributed by atoms with van der Waals surface area (Å²) in [5.41, 5.74) is 2.97. The van der Waals surface area contributed by atoms with E-state index in [1.165, 1.54) is 205 Å². The summed E-state index contributed by atoms with van der Waals surface area (Å²) in [6.07, 6.45) is 50.9. The van der Waals surface area contributed by atoms with E-state index in [0.29, 0.717) is 102 Å². The second-order valence-electron chi connectivity index (χ2n) is 25.1. The molecule has 0 saturated heterocycles. The van der Waals surface area contributed by atoms with Gasteiger partial charge in [-0.1, -0.05) is 259 Å². The van der Waals surface area contributed by atoms with Gasteiger partial charge in [0.1, 0.15) is 13.2 Å². The summed E-state index contributed by atoms with van der Waals surface area (Å²) in [6, 6.07) is 12.7. The van der Waals surface area contributed by atoms with Crippen molar-refractivity contribution in [3.63, 3.8) is 0 Å². The van der Waals surface area contributed by atoms with Gasteiger partial charge in [-0.15, -0.1) is 0 Å². The summed E-state index contributed by atoms with van der Waals surface area (Å²) in [5.74, 6) is 4.24. The summed E-state index contributed by atoms with van der Waals surface area (Å²) in [4.78, 5) is 11.1. The first-order chi connectivity index (χ1) is 43.1. The van der Waals surface area contributed by atoms with Gasteiger partial charge < -0.3 is 42.6 Å². The van der Waals surface area contributed by atoms with E-state index in [1.807, 2.05) is 12.1 Å². The van der Waals surface area contributed by atoms with Gasteiger partial charge in [0.05, 0.1) is 88.1 Å². The number of hydrogen-bond donors (Lipinski definition) is 0. The van der Waals surface area contributed by atoms with Gasteiger partial charge in [-0.25, -0.2) is 9.97 Å². The van der Waals surface area contributed by atoms with Gasteiger partial charge in [-0.2, -0.15) is 0 Å². The van der Waals surface area contributed by atoms with Crippen LogP contribution in [0.25, 0.3) is 43.6 Å². The lowest BCUT2D eigenvalue weighted by atomic mass is 9.97. The molecule has 5 aromatic rings. The lowest BCUT2D eigenvalue weighted by Gasteiger charge is -2.19. The van der Waals surface area contributed by atoms with Crippen LogP contribution in [0.3, 0.4) is 0 Å². The van der Waals surface area contributed by atoms with Crippen LogP contribution in [0.4, 0.5) is 0 Å². The van der Waals surface area contributed by atoms with E-state index >= 15 is 0 Å². The monoisotopic (exact) mass is 1210 g/mol. The maximum absolute atomic E-state index is 6.89. The van der Waals surface area contributed by atoms with E-state index in [9.17, 15) is 0 Å². The van der Waals surface area contributed by atoms with Crippen molar-refractivity contribution >= 4 is 43.6 Å². The van der Waals surface area contributed by atoms with Crippen molar-refractivity contribution in [1.29, 1.82) is 0 Å². The van der Waals surface area contributed by atoms with Crippen LogP contribution in [-0.4, -0.2) is 89.3 Å². The number of nitrogens with zero attached hydrogens (tertiary/aromatic N) is 2. The summed E-state index contributed by atoms with van der Waals surface area (Å²) < 4.78 is 57.7. The highest BCUT2D eigenvalue weighted by molar-refractivity contribution is 6.25. The normalized spacial score (nSPS) is 13.6. The molecule has 0 N–H and O–H groups in total. The number of ether oxygens (including phenoxy) is 9. The first-order valence-electron chi connectivity index (χ1n) is 36.4. The molecule has 0 radical (unpaired) electrons. The largest absolute Gasteiger partial charge is 0.490 e. The predicted octanol–water partition coefficient (Wildman–Crippen LogP) is 22.1. The minimum atomic E-state index is 0.347. The fourth-order valence-electron chi connectivity index (χ4n) is 12.1. The molecule has 0 aliphatic carbocycles. The molecule has 2 heterocycles. The minimum Gasteiger partial charge on any atom is -0.490 e. The van der Waals surface area contributed by atoms with Crippen molar-refractivity contribution in [3.8, 4) is 34.5 Å². The van der Waals surface area contributed by atoms with Crippen LogP contribution in [0.2, 0.25) is 0 Å². The molecule has 490 valence electrons. The van der Waals surface area contributed by atoms with Gasteiger partial charge in [0.25, 0.3) is 0 Å². The standard InChI is InChI=1S/C76H122N2O9/c1-5-9-13-17-21-25-29-33-37-41-45-82-69-57-63-64-58-70(83-46-42-38-34-30-26-22-18-14-10-6-2)72(85-48-44-40-36-32-28-24-20-16-12-8-4)60-66(64)76-75(65(63)59-71(69)84-47-43-39-35-31-27-23-19-15-11-7-3)77-67-61-73-74(62-68(67)78-76)87-56-54-81-52-50-79-49-51-80-53-55-86-73/h57-62H,5-56H2,1-4H3. The number of aromatic nitrogens is 2. The Hall–Kier alpha value is -4.32. The zero-order valence-electron chi connectivity index (χ0n) is 55.8. The molecule has 1 aliphatic rings. The maximum atomic E-state index is 6.89. The molecule has 0 saturated carbocycles. The first-order valence-corrected chi connectivity index (χ1v) is 36.4. The van der Waals surface area contributed by atoms with E-state index < -0.39 is 0 Å². The fraction of sp³-hybridized carbons (Fsp3) is 0.737. The number of rotatable bonds is 48. The third-order valence-electron chi connectivity index (χ3n) is 17.4. The average Bonchev–Trinajstić information content (AvgIpc) is 1.17. The molecule has 0 amide bonds. The van der Waals surface area contributed by atoms with Gasteiger partial charge in [-0.3, -0.25) is 0 Å². The average molecular weight is 1210 g/mol. The van der Waals surface area contributed by atoms with Gasteiger partial charge in [0.15, 0.2) is 34.5 Å². The second kappa shape index (κ2) is 46.7. The van der Waals surface area contributed by atoms with Crippen LogP contribution < -0.4 is 28.4 Å². The Morgan fingerprint density at radius 3 is 0.736 bits per heavy atom. The van der Waals surface area contributed by atoms with Crippen LogP contribution in [0, 0.1) is 0 Å². The van der Waals surface area contributed by atoms with Crippen LogP contribution >= 0.6 is 0 Å². The first kappa shape index (κ1) is 71.8. The van der Waals surface area contributed by atoms with Crippen molar-refractivity contribution in [1.82, 2.24) is 9.97 Å². The number of unbranched alkanes of at least 4 members (excludes halogenated alkanes) is 36. The van der Waals surface area contributed by atoms with Crippen LogP contribution in [0.15, 0.2) is 36.4 Å². The Bertz CT molecular complexity index is 2380. The van der Waals surface area contributed by atoms with Gasteiger partial charge >= 0.3 is 0 Å². The Balaban J connectivity index is 1.36. The smallest absolute Gasteiger partial charge is 0.163 e. The molecule has 1 aliphatic heterocycles. The lowest BCUT2D eigenvalue weighted by molar-refractivity contribution is 0.00708. The quantitative estimate of drug-likeness (QED) is 0.0211. The molecule has 0 spiro atoms. The number of benzene rings is 4. The Morgan fingerprint density at radius 1 is 0.264 bits per heavy atom. The molecule has 0 fully saturated rings. The summed E-state index contributed by atoms with van der Waals surface area (Å²) >= 11 is 0. The Labute approximate surface area is 528 Å². The molecule has 0 bridgehead atoms. The van der Waals surface area contributed by atoms with Crippen molar-refractivity contribution in [3.05, 3.63) is 36.4 Å². The third-order valence-corrected chi connectivity index (χ3v) is 17.4. The van der Waals surface area contributed by atoms with E-state index in [4.69, 9.17) is 52.6 Å². The van der Waals surface area contributed by atoms with Crippen molar-refractivity contribution in [2.75, 3.05) is 79.3 Å². The highest BCUT2D eigenvalue weighted by Gasteiger charge is 2.22. The minimum absolute atomic E-state index is 0.347. The van der Waals surface area contributed by atoms with Crippen molar-refractivity contribution in [2.24, 2.45) is 0 Å². The zero-order valence-corrected chi connectivity index (χ0v) is 55.8. The predicted molar refractivity (Wildman–Crippen MR) is 365 cm³/mol. The number of fused-ring (bicyclic) bond motifs is 8. The molecule has 0 atom stereocenters. The van der Waals surface area contributed by atoms with E-state index in [-0.39, 0.29) is 0 Å². The topological polar surface area (TPSA) is 109 Å². The molecule has 0 unspecified atom stereocenters. The molecule has 1 aromatic heterocycles. The van der Waals surface area contributed by atoms with E-state index in [0.717, 1.165) is 107 Å². The summed E-state index contributed by atoms with van der Waals surface area (Å²) in [6.45, 7) is 15.2. The van der Waals surface area contributed by atoms with Gasteiger partial charge in [-0.05, 0) is 60.7 Å². The highest BCUT2D eigenvalue weighted by atomic mass is 16.6. The van der Waals surface area contributed by atoms with Crippen LogP contribution in [0.5, 0.6) is 34.5 Å². The highest BCUT2D eigenvalue weighted by Crippen LogP contribution is 2.45. The molecule has 11 heteroatoms. The molecule has 11 nitrogen and oxygen atoms in total. The Morgan fingerprint density at radius 2 is 0.483 bits per heavy atom. The summed E-state index contributed by atoms with van der Waals surface area (Å²) in [5, 5.41) is 3.96. The molecular formula is C76H122N2O9. The molecule has 87 heavy (non-hydrogen) atoms. The van der Waals surface area contributed by atoms with Gasteiger partial charge in [0, 0.05) is 22.9 Å². The molecule has 6 rings (SSSR count). The van der Waals surface area contributed by atoms with Crippen LogP contribution in [-0.2, 0) is 14.2 Å². The fourth-order valence-corrected chi connectivity index (χ4v) is 12.1. The van der Waals surface area contributed by atoms with Gasteiger partial charge in [0.2, 0.25) is 0 Å². The second-order valence-corrected chi connectivity index (χ2v) is 25.1. The lowest BCUT2D eigenvalue weighted by Crippen LogP contribution is -2.13. The van der Waals surface area contributed by atoms with E-state index in [1.54, 1.807) is 0 Å². The van der Waals surface area contributed by atoms with Crippen molar-refractivity contribution in [2.45, 2.75) is 285 Å². The SMILES string of the molecule is CCCCCCCCCCCCOc1cc2c3cc(OCCCCCCCCCCCC)c(OCCCCCCCCCCCC)cc3c3nc4cc5c(cc4nc3c2cc1OCCCCCCCCCCCC)OCCOCCOCCOCCO5. The maximum Gasteiger partial charge on any atom is 0.163 e. The molecular weight excluding hydrogens is 1080 g/mol. The third kappa shape index (κ3) is 28.2. The summed E-state index contributed by atoms with van der Waals surface area (Å²) in [7, 11) is 0. The molecule has 4 aromatic carbocycles. The number of hydrogen-bond acceptors (Lipinski definition) is 11. The zero-order chi connectivity index (χ0) is 60.9. The van der Waals surface area contributed by atoms with E-state index in [2.05, 4.69) is 52.0 Å². The van der Waals surface area contributed by atoms with Crippen LogP contribution in [0.1, 0.15) is 285 Å². The Kier molecular flexibility index (Phi) is 38.5. The van der Waals surface area contributed by atoms with Crippen molar-refractivity contribution < 1.29 is 42.6 Å².